The van der Waals surface area contributed by atoms with Gasteiger partial charge < -0.3 is 0 Å². The van der Waals surface area contributed by atoms with Crippen LogP contribution in [0.15, 0.2) is 18.2 Å². The Labute approximate surface area is 96.7 Å². The molecule has 1 fully saturated rings. The van der Waals surface area contributed by atoms with Crippen LogP contribution in [0.25, 0.3) is 0 Å². The predicted octanol–water partition coefficient (Wildman–Crippen LogP) is 4.86. The lowest BCUT2D eigenvalue weighted by molar-refractivity contribution is 0.385. The molecule has 0 aliphatic heterocycles. The summed E-state index contributed by atoms with van der Waals surface area (Å²) >= 11 is 0. The standard InChI is InChI=1S/C7H6F2.C7H14/c1-5-2-3-6(8)7(9)4-5;1-7-5-3-2-4-6-7/h2-4H,1H3;7H,2-6H2,1H3. The van der Waals surface area contributed by atoms with Gasteiger partial charge in [0, 0.05) is 0 Å². The van der Waals surface area contributed by atoms with Crippen LogP contribution in [-0.2, 0) is 0 Å². The average Bonchev–Trinajstić information content (AvgIpc) is 2.26. The molecule has 0 spiro atoms. The van der Waals surface area contributed by atoms with Gasteiger partial charge in [0.1, 0.15) is 0 Å². The summed E-state index contributed by atoms with van der Waals surface area (Å²) in [6.07, 6.45) is 7.44. The molecule has 2 rings (SSSR count). The zero-order chi connectivity index (χ0) is 12.0. The van der Waals surface area contributed by atoms with Crippen molar-refractivity contribution in [3.05, 3.63) is 35.4 Å². The molecular formula is C14H20F2. The van der Waals surface area contributed by atoms with Crippen LogP contribution in [0.2, 0.25) is 0 Å². The highest BCUT2D eigenvalue weighted by Crippen LogP contribution is 2.22. The smallest absolute Gasteiger partial charge is 0.159 e. The first-order valence-corrected chi connectivity index (χ1v) is 6.01. The first-order chi connectivity index (χ1) is 7.59. The maximum atomic E-state index is 12.2. The fourth-order valence-electron chi connectivity index (χ4n) is 1.91. The predicted molar refractivity (Wildman–Crippen MR) is 63.3 cm³/mol. The number of aryl methyl sites for hydroxylation is 1. The van der Waals surface area contributed by atoms with Gasteiger partial charge >= 0.3 is 0 Å². The van der Waals surface area contributed by atoms with Crippen LogP contribution in [0.3, 0.4) is 0 Å². The average molecular weight is 226 g/mol. The Hall–Kier alpha value is -0.920. The number of halogens is 2. The SMILES string of the molecule is CC1CCCCC1.Cc1ccc(F)c(F)c1. The summed E-state index contributed by atoms with van der Waals surface area (Å²) in [5, 5.41) is 0. The van der Waals surface area contributed by atoms with Gasteiger partial charge in [0.05, 0.1) is 0 Å². The molecule has 0 heterocycles. The number of benzene rings is 1. The molecule has 0 saturated heterocycles. The van der Waals surface area contributed by atoms with Gasteiger partial charge in [-0.05, 0) is 30.5 Å². The van der Waals surface area contributed by atoms with Gasteiger partial charge in [-0.3, -0.25) is 0 Å². The summed E-state index contributed by atoms with van der Waals surface area (Å²) in [6, 6.07) is 3.80. The summed E-state index contributed by atoms with van der Waals surface area (Å²) in [5.41, 5.74) is 0.730. The second kappa shape index (κ2) is 6.62. The number of hydrogen-bond donors (Lipinski definition) is 0. The number of rotatable bonds is 0. The summed E-state index contributed by atoms with van der Waals surface area (Å²) in [6.45, 7) is 4.07. The van der Waals surface area contributed by atoms with Crippen LogP contribution in [0.5, 0.6) is 0 Å². The molecule has 1 saturated carbocycles. The summed E-state index contributed by atoms with van der Waals surface area (Å²) < 4.78 is 24.3. The highest BCUT2D eigenvalue weighted by molar-refractivity contribution is 5.15. The van der Waals surface area contributed by atoms with Gasteiger partial charge in [0.25, 0.3) is 0 Å². The van der Waals surface area contributed by atoms with Crippen molar-refractivity contribution < 1.29 is 8.78 Å². The molecule has 0 amide bonds. The molecule has 16 heavy (non-hydrogen) atoms. The molecule has 0 nitrogen and oxygen atoms in total. The Kier molecular flexibility index (Phi) is 5.44. The minimum absolute atomic E-state index is 0.730. The lowest BCUT2D eigenvalue weighted by Gasteiger charge is -2.15. The van der Waals surface area contributed by atoms with Crippen molar-refractivity contribution in [1.29, 1.82) is 0 Å². The largest absolute Gasteiger partial charge is 0.204 e. The summed E-state index contributed by atoms with van der Waals surface area (Å²) in [4.78, 5) is 0. The molecule has 0 atom stereocenters. The van der Waals surface area contributed by atoms with Crippen LogP contribution in [0.1, 0.15) is 44.6 Å². The van der Waals surface area contributed by atoms with E-state index < -0.39 is 11.6 Å². The van der Waals surface area contributed by atoms with Crippen molar-refractivity contribution in [2.75, 3.05) is 0 Å². The maximum absolute atomic E-state index is 12.2. The zero-order valence-electron chi connectivity index (χ0n) is 10.1. The van der Waals surface area contributed by atoms with Gasteiger partial charge in [-0.25, -0.2) is 8.78 Å². The highest BCUT2D eigenvalue weighted by atomic mass is 19.2. The Morgan fingerprint density at radius 1 is 1.00 bits per heavy atom. The van der Waals surface area contributed by atoms with E-state index in [9.17, 15) is 8.78 Å². The van der Waals surface area contributed by atoms with Gasteiger partial charge in [0.2, 0.25) is 0 Å². The quantitative estimate of drug-likeness (QED) is 0.592. The molecule has 1 aromatic rings. The Morgan fingerprint density at radius 2 is 1.62 bits per heavy atom. The minimum Gasteiger partial charge on any atom is -0.204 e. The van der Waals surface area contributed by atoms with E-state index in [1.54, 1.807) is 6.92 Å². The van der Waals surface area contributed by atoms with Crippen LogP contribution in [-0.4, -0.2) is 0 Å². The van der Waals surface area contributed by atoms with E-state index in [2.05, 4.69) is 6.92 Å². The van der Waals surface area contributed by atoms with E-state index in [-0.39, 0.29) is 0 Å². The third kappa shape index (κ3) is 4.73. The fraction of sp³-hybridized carbons (Fsp3) is 0.571. The molecule has 1 aromatic carbocycles. The summed E-state index contributed by atoms with van der Waals surface area (Å²) in [5.74, 6) is -0.538. The van der Waals surface area contributed by atoms with Crippen LogP contribution in [0, 0.1) is 24.5 Å². The second-order valence-corrected chi connectivity index (χ2v) is 4.66. The van der Waals surface area contributed by atoms with E-state index in [4.69, 9.17) is 0 Å². The van der Waals surface area contributed by atoms with Crippen molar-refractivity contribution in [2.24, 2.45) is 5.92 Å². The molecule has 0 radical (unpaired) electrons. The van der Waals surface area contributed by atoms with E-state index in [0.717, 1.165) is 23.6 Å². The molecule has 2 heteroatoms. The van der Waals surface area contributed by atoms with Gasteiger partial charge in [-0.1, -0.05) is 45.1 Å². The van der Waals surface area contributed by atoms with E-state index in [0.29, 0.717) is 0 Å². The normalized spacial score (nSPS) is 16.5. The fourth-order valence-corrected chi connectivity index (χ4v) is 1.91. The van der Waals surface area contributed by atoms with E-state index in [1.807, 2.05) is 0 Å². The zero-order valence-corrected chi connectivity index (χ0v) is 10.1. The molecule has 90 valence electrons. The maximum Gasteiger partial charge on any atom is 0.159 e. The Balaban J connectivity index is 0.000000165. The monoisotopic (exact) mass is 226 g/mol. The Bertz CT molecular complexity index is 315. The molecule has 0 unspecified atom stereocenters. The summed E-state index contributed by atoms with van der Waals surface area (Å²) in [7, 11) is 0. The van der Waals surface area contributed by atoms with E-state index in [1.165, 1.54) is 38.2 Å². The first-order valence-electron chi connectivity index (χ1n) is 6.01. The van der Waals surface area contributed by atoms with Crippen molar-refractivity contribution in [1.82, 2.24) is 0 Å². The molecule has 1 aliphatic carbocycles. The van der Waals surface area contributed by atoms with Crippen LogP contribution < -0.4 is 0 Å². The van der Waals surface area contributed by atoms with Crippen LogP contribution in [0.4, 0.5) is 8.78 Å². The van der Waals surface area contributed by atoms with Crippen molar-refractivity contribution in [2.45, 2.75) is 46.0 Å². The third-order valence-corrected chi connectivity index (χ3v) is 2.97. The number of hydrogen-bond acceptors (Lipinski definition) is 0. The highest BCUT2D eigenvalue weighted by Gasteiger charge is 2.05. The first kappa shape index (κ1) is 13.1. The molecule has 0 N–H and O–H groups in total. The van der Waals surface area contributed by atoms with E-state index >= 15 is 0 Å². The van der Waals surface area contributed by atoms with Crippen LogP contribution >= 0.6 is 0 Å². The molecular weight excluding hydrogens is 206 g/mol. The second-order valence-electron chi connectivity index (χ2n) is 4.66. The minimum atomic E-state index is -0.791. The third-order valence-electron chi connectivity index (χ3n) is 2.97. The molecule has 1 aliphatic rings. The topological polar surface area (TPSA) is 0 Å². The van der Waals surface area contributed by atoms with Gasteiger partial charge in [-0.15, -0.1) is 0 Å². The van der Waals surface area contributed by atoms with Crippen molar-refractivity contribution >= 4 is 0 Å². The van der Waals surface area contributed by atoms with Crippen molar-refractivity contribution in [3.63, 3.8) is 0 Å². The lowest BCUT2D eigenvalue weighted by Crippen LogP contribution is -1.99. The Morgan fingerprint density at radius 3 is 2.00 bits per heavy atom. The lowest BCUT2D eigenvalue weighted by atomic mass is 9.91. The van der Waals surface area contributed by atoms with Gasteiger partial charge in [0.15, 0.2) is 11.6 Å². The van der Waals surface area contributed by atoms with Crippen molar-refractivity contribution in [3.8, 4) is 0 Å². The molecule has 0 aromatic heterocycles. The molecule has 0 bridgehead atoms. The van der Waals surface area contributed by atoms with Gasteiger partial charge in [-0.2, -0.15) is 0 Å².